The third-order valence-corrected chi connectivity index (χ3v) is 3.90. The summed E-state index contributed by atoms with van der Waals surface area (Å²) in [7, 11) is -10.2. The molecular formula is C10H13FN2O7S2. The third kappa shape index (κ3) is 4.19. The van der Waals surface area contributed by atoms with Crippen LogP contribution in [0.4, 0.5) is 4.39 Å². The lowest BCUT2D eigenvalue weighted by Gasteiger charge is -2.19. The van der Waals surface area contributed by atoms with E-state index < -0.39 is 47.2 Å². The average molecular weight is 356 g/mol. The Balaban J connectivity index is 3.81. The average Bonchev–Trinajstić information content (AvgIpc) is 2.26. The van der Waals surface area contributed by atoms with Crippen LogP contribution in [0.1, 0.15) is 26.3 Å². The molecule has 1 heterocycles. The van der Waals surface area contributed by atoms with Gasteiger partial charge in [-0.3, -0.25) is 9.11 Å². The van der Waals surface area contributed by atoms with Crippen molar-refractivity contribution in [2.45, 2.75) is 36.4 Å². The first-order valence-electron chi connectivity index (χ1n) is 5.61. The van der Waals surface area contributed by atoms with Gasteiger partial charge in [0.2, 0.25) is 0 Å². The molecule has 0 atom stereocenters. The fourth-order valence-electron chi connectivity index (χ4n) is 1.24. The molecule has 2 N–H and O–H groups in total. The van der Waals surface area contributed by atoms with Crippen molar-refractivity contribution in [2.24, 2.45) is 0 Å². The number of hydrogen-bond donors (Lipinski definition) is 2. The summed E-state index contributed by atoms with van der Waals surface area (Å²) in [5.74, 6) is -1.47. The normalized spacial score (nSPS) is 14.2. The standard InChI is InChI=1S/C10H13FN2O7S2/c1-10(2,3)13(14)5-6-7(11)4-8(21(15,16)17)12-9(6)22(18,19)20/h4-5H,1-3H3,(H,15,16,17)(H,18,19,20)/b13-5-. The van der Waals surface area contributed by atoms with Gasteiger partial charge in [-0.05, 0) is 0 Å². The Labute approximate surface area is 126 Å². The lowest BCUT2D eigenvalue weighted by Crippen LogP contribution is -2.30. The summed E-state index contributed by atoms with van der Waals surface area (Å²) in [4.78, 5) is 3.00. The monoisotopic (exact) mass is 356 g/mol. The van der Waals surface area contributed by atoms with Crippen LogP contribution in [0.3, 0.4) is 0 Å². The Morgan fingerprint density at radius 1 is 1.23 bits per heavy atom. The van der Waals surface area contributed by atoms with E-state index in [9.17, 15) is 26.4 Å². The van der Waals surface area contributed by atoms with Crippen LogP contribution < -0.4 is 0 Å². The number of halogens is 1. The second-order valence-electron chi connectivity index (χ2n) is 5.24. The van der Waals surface area contributed by atoms with Gasteiger partial charge in [-0.1, -0.05) is 0 Å². The maximum Gasteiger partial charge on any atom is 0.313 e. The fraction of sp³-hybridized carbons (Fsp3) is 0.400. The second-order valence-corrected chi connectivity index (χ2v) is 7.94. The van der Waals surface area contributed by atoms with Gasteiger partial charge in [-0.15, -0.1) is 0 Å². The molecule has 0 fully saturated rings. The van der Waals surface area contributed by atoms with E-state index in [1.54, 1.807) is 0 Å². The molecule has 0 bridgehead atoms. The van der Waals surface area contributed by atoms with Gasteiger partial charge in [0.15, 0.2) is 21.8 Å². The summed E-state index contributed by atoms with van der Waals surface area (Å²) in [5, 5.41) is 9.06. The van der Waals surface area contributed by atoms with E-state index in [1.165, 1.54) is 20.8 Å². The molecular weight excluding hydrogens is 343 g/mol. The Morgan fingerprint density at radius 3 is 2.09 bits per heavy atom. The smallest absolute Gasteiger partial charge is 0.313 e. The van der Waals surface area contributed by atoms with E-state index in [2.05, 4.69) is 4.98 Å². The van der Waals surface area contributed by atoms with Gasteiger partial charge in [0.05, 0.1) is 0 Å². The topological polar surface area (TPSA) is 148 Å². The van der Waals surface area contributed by atoms with E-state index in [0.717, 1.165) is 0 Å². The van der Waals surface area contributed by atoms with E-state index in [0.29, 0.717) is 6.21 Å². The van der Waals surface area contributed by atoms with Crippen molar-refractivity contribution < 1.29 is 35.1 Å². The molecule has 0 saturated heterocycles. The van der Waals surface area contributed by atoms with Crippen molar-refractivity contribution in [2.75, 3.05) is 0 Å². The highest BCUT2D eigenvalue weighted by Crippen LogP contribution is 2.20. The van der Waals surface area contributed by atoms with Gasteiger partial charge >= 0.3 is 20.2 Å². The molecule has 0 aliphatic carbocycles. The van der Waals surface area contributed by atoms with Crippen LogP contribution in [0.15, 0.2) is 16.1 Å². The molecule has 9 nitrogen and oxygen atoms in total. The molecule has 0 unspecified atom stereocenters. The molecule has 0 radical (unpaired) electrons. The molecule has 22 heavy (non-hydrogen) atoms. The van der Waals surface area contributed by atoms with Gasteiger partial charge in [0.25, 0.3) is 0 Å². The lowest BCUT2D eigenvalue weighted by molar-refractivity contribution is -0.530. The number of nitrogens with zero attached hydrogens (tertiary/aromatic N) is 2. The number of rotatable bonds is 3. The zero-order valence-corrected chi connectivity index (χ0v) is 13.3. The van der Waals surface area contributed by atoms with Crippen molar-refractivity contribution in [3.8, 4) is 0 Å². The number of pyridine rings is 1. The van der Waals surface area contributed by atoms with Crippen molar-refractivity contribution in [1.29, 1.82) is 0 Å². The number of aromatic nitrogens is 1. The van der Waals surface area contributed by atoms with Gasteiger partial charge < -0.3 is 5.21 Å². The molecule has 0 amide bonds. The second kappa shape index (κ2) is 5.53. The van der Waals surface area contributed by atoms with Crippen LogP contribution in [0, 0.1) is 11.0 Å². The highest BCUT2D eigenvalue weighted by molar-refractivity contribution is 7.86. The van der Waals surface area contributed by atoms with E-state index in [-0.39, 0.29) is 10.8 Å². The Morgan fingerprint density at radius 2 is 1.73 bits per heavy atom. The van der Waals surface area contributed by atoms with Crippen molar-refractivity contribution in [3.63, 3.8) is 0 Å². The SMILES string of the molecule is CC(C)(C)/[N+]([O-])=C/c1c(F)cc(S(=O)(=O)O)nc1S(=O)(=O)O. The Hall–Kier alpha value is -1.63. The zero-order chi connectivity index (χ0) is 17.5. The van der Waals surface area contributed by atoms with Crippen LogP contribution >= 0.6 is 0 Å². The highest BCUT2D eigenvalue weighted by atomic mass is 32.2. The van der Waals surface area contributed by atoms with E-state index in [4.69, 9.17) is 9.11 Å². The van der Waals surface area contributed by atoms with E-state index >= 15 is 0 Å². The summed E-state index contributed by atoms with van der Waals surface area (Å²) < 4.78 is 76.3. The molecule has 0 aliphatic rings. The summed E-state index contributed by atoms with van der Waals surface area (Å²) in [6.45, 7) is 4.34. The zero-order valence-electron chi connectivity index (χ0n) is 11.7. The first-order chi connectivity index (χ1) is 9.64. The van der Waals surface area contributed by atoms with Gasteiger partial charge in [0.1, 0.15) is 11.4 Å². The quantitative estimate of drug-likeness (QED) is 0.261. The van der Waals surface area contributed by atoms with Crippen LogP contribution in [0.5, 0.6) is 0 Å². The third-order valence-electron chi connectivity index (χ3n) is 2.37. The molecule has 1 aromatic rings. The first-order valence-corrected chi connectivity index (χ1v) is 8.49. The fourth-order valence-corrected chi connectivity index (χ4v) is 2.40. The Bertz CT molecular complexity index is 839. The minimum absolute atomic E-state index is 0.203. The maximum atomic E-state index is 13.9. The van der Waals surface area contributed by atoms with Crippen LogP contribution in [0.25, 0.3) is 0 Å². The summed E-state index contributed by atoms with van der Waals surface area (Å²) in [5.41, 5.74) is -2.00. The maximum absolute atomic E-state index is 13.9. The lowest BCUT2D eigenvalue weighted by atomic mass is 10.1. The number of hydroxylamine groups is 1. The summed E-state index contributed by atoms with van der Waals surface area (Å²) >= 11 is 0. The predicted molar refractivity (Wildman–Crippen MR) is 72.4 cm³/mol. The predicted octanol–water partition coefficient (Wildman–Crippen LogP) is 0.442. The molecule has 0 aromatic carbocycles. The van der Waals surface area contributed by atoms with Gasteiger partial charge in [0, 0.05) is 26.8 Å². The van der Waals surface area contributed by atoms with Crippen molar-refractivity contribution >= 4 is 26.5 Å². The van der Waals surface area contributed by atoms with Gasteiger partial charge in [-0.25, -0.2) is 14.1 Å². The minimum Gasteiger partial charge on any atom is -0.623 e. The summed E-state index contributed by atoms with van der Waals surface area (Å²) in [6.07, 6.45) is 0.513. The molecule has 12 heteroatoms. The number of hydrogen-bond acceptors (Lipinski definition) is 6. The Kier molecular flexibility index (Phi) is 4.63. The molecule has 0 aliphatic heterocycles. The molecule has 1 rings (SSSR count). The van der Waals surface area contributed by atoms with Crippen molar-refractivity contribution in [3.05, 3.63) is 22.7 Å². The molecule has 0 saturated carbocycles. The van der Waals surface area contributed by atoms with Crippen molar-refractivity contribution in [1.82, 2.24) is 4.98 Å². The minimum atomic E-state index is -5.15. The summed E-state index contributed by atoms with van der Waals surface area (Å²) in [6, 6.07) is 0.229. The largest absolute Gasteiger partial charge is 0.623 e. The van der Waals surface area contributed by atoms with Gasteiger partial charge in [-0.2, -0.15) is 16.8 Å². The first kappa shape index (κ1) is 18.4. The van der Waals surface area contributed by atoms with Crippen LogP contribution in [-0.2, 0) is 20.2 Å². The molecule has 1 aromatic heterocycles. The molecule has 124 valence electrons. The van der Waals surface area contributed by atoms with E-state index in [1.807, 2.05) is 0 Å². The van der Waals surface area contributed by atoms with Crippen LogP contribution in [-0.4, -0.2) is 47.4 Å². The molecule has 0 spiro atoms. The van der Waals surface area contributed by atoms with Crippen LogP contribution in [0.2, 0.25) is 0 Å². The highest BCUT2D eigenvalue weighted by Gasteiger charge is 2.28.